The maximum Gasteiger partial charge on any atom is 0.326 e. The van der Waals surface area contributed by atoms with E-state index >= 15 is 0 Å². The first-order valence-corrected chi connectivity index (χ1v) is 14.2. The first-order chi connectivity index (χ1) is 19.1. The van der Waals surface area contributed by atoms with Crippen LogP contribution in [0.2, 0.25) is 0 Å². The number of aliphatic hydroxyl groups is 1. The minimum Gasteiger partial charge on any atom is -0.480 e. The molecule has 14 nitrogen and oxygen atoms in total. The van der Waals surface area contributed by atoms with E-state index in [-0.39, 0.29) is 30.7 Å². The molecular formula is C27H48N6O8. The van der Waals surface area contributed by atoms with Gasteiger partial charge in [-0.2, -0.15) is 0 Å². The van der Waals surface area contributed by atoms with Crippen LogP contribution in [-0.4, -0.2) is 101 Å². The van der Waals surface area contributed by atoms with E-state index in [4.69, 9.17) is 10.8 Å². The van der Waals surface area contributed by atoms with Crippen molar-refractivity contribution in [2.75, 3.05) is 19.7 Å². The highest BCUT2D eigenvalue weighted by Crippen LogP contribution is 2.20. The minimum absolute atomic E-state index is 0.0242. The molecular weight excluding hydrogens is 536 g/mol. The molecule has 234 valence electrons. The number of aliphatic carboxylic acids is 1. The lowest BCUT2D eigenvalue weighted by molar-refractivity contribution is -0.149. The summed E-state index contributed by atoms with van der Waals surface area (Å²) < 4.78 is 0. The topological polar surface area (TPSA) is 220 Å². The molecule has 1 heterocycles. The maximum atomic E-state index is 13.1. The zero-order valence-corrected chi connectivity index (χ0v) is 24.9. The van der Waals surface area contributed by atoms with Crippen molar-refractivity contribution in [2.24, 2.45) is 23.5 Å². The molecule has 1 fully saturated rings. The molecule has 1 saturated heterocycles. The fourth-order valence-electron chi connectivity index (χ4n) is 4.53. The predicted molar refractivity (Wildman–Crippen MR) is 150 cm³/mol. The molecule has 5 amide bonds. The standard InChI is InChI=1S/C27H48N6O8/c1-7-16(6)22(32-23(36)17(28)13-34)25(38)31-21(15(4)5)24(37)29-12-20(35)30-18(11-14(2)3)26(39)33-10-8-9-19(33)27(40)41/h14-19,21-22,34H,7-13,28H2,1-6H3,(H,29,37)(H,30,35)(H,31,38)(H,32,36)(H,40,41)/t16-,17-,18-,19-,21-,22-/m0/s1. The molecule has 0 bridgehead atoms. The lowest BCUT2D eigenvalue weighted by atomic mass is 9.96. The lowest BCUT2D eigenvalue weighted by Gasteiger charge is -2.29. The zero-order chi connectivity index (χ0) is 31.4. The third-order valence-corrected chi connectivity index (χ3v) is 7.16. The second-order valence-corrected chi connectivity index (χ2v) is 11.4. The predicted octanol–water partition coefficient (Wildman–Crippen LogP) is -1.30. The Bertz CT molecular complexity index is 943. The van der Waals surface area contributed by atoms with E-state index in [1.54, 1.807) is 20.8 Å². The Morgan fingerprint density at radius 2 is 1.54 bits per heavy atom. The van der Waals surface area contributed by atoms with Crippen LogP contribution in [0.15, 0.2) is 0 Å². The SMILES string of the molecule is CC[C@H](C)[C@H](NC(=O)[C@@H](N)CO)C(=O)N[C@H](C(=O)NCC(=O)N[C@@H](CC(C)C)C(=O)N1CCC[C@H]1C(=O)O)C(C)C. The summed E-state index contributed by atoms with van der Waals surface area (Å²) in [5.41, 5.74) is 5.56. The molecule has 14 heteroatoms. The number of rotatable bonds is 16. The number of nitrogens with zero attached hydrogens (tertiary/aromatic N) is 1. The quantitative estimate of drug-likeness (QED) is 0.114. The van der Waals surface area contributed by atoms with Crippen molar-refractivity contribution in [3.8, 4) is 0 Å². The third kappa shape index (κ3) is 10.9. The molecule has 0 radical (unpaired) electrons. The van der Waals surface area contributed by atoms with Gasteiger partial charge in [-0.3, -0.25) is 24.0 Å². The van der Waals surface area contributed by atoms with Gasteiger partial charge in [0.2, 0.25) is 29.5 Å². The van der Waals surface area contributed by atoms with Crippen molar-refractivity contribution in [1.82, 2.24) is 26.2 Å². The maximum absolute atomic E-state index is 13.1. The Balaban J connectivity index is 2.89. The molecule has 1 aliphatic heterocycles. The molecule has 0 spiro atoms. The summed E-state index contributed by atoms with van der Waals surface area (Å²) in [7, 11) is 0. The second-order valence-electron chi connectivity index (χ2n) is 11.4. The Labute approximate surface area is 241 Å². The van der Waals surface area contributed by atoms with Crippen LogP contribution >= 0.6 is 0 Å². The lowest BCUT2D eigenvalue weighted by Crippen LogP contribution is -2.59. The van der Waals surface area contributed by atoms with Crippen molar-refractivity contribution in [1.29, 1.82) is 0 Å². The van der Waals surface area contributed by atoms with Crippen LogP contribution < -0.4 is 27.0 Å². The average molecular weight is 585 g/mol. The highest BCUT2D eigenvalue weighted by atomic mass is 16.4. The van der Waals surface area contributed by atoms with Gasteiger partial charge in [0.15, 0.2) is 0 Å². The van der Waals surface area contributed by atoms with Gasteiger partial charge in [-0.15, -0.1) is 0 Å². The smallest absolute Gasteiger partial charge is 0.326 e. The number of carboxylic acids is 1. The fraction of sp³-hybridized carbons (Fsp3) is 0.778. The molecule has 0 aliphatic carbocycles. The van der Waals surface area contributed by atoms with Gasteiger partial charge in [-0.1, -0.05) is 48.0 Å². The van der Waals surface area contributed by atoms with Crippen LogP contribution in [-0.2, 0) is 28.8 Å². The number of hydrogen-bond acceptors (Lipinski definition) is 8. The Morgan fingerprint density at radius 1 is 0.927 bits per heavy atom. The van der Waals surface area contributed by atoms with E-state index in [0.717, 1.165) is 0 Å². The molecule has 6 atom stereocenters. The van der Waals surface area contributed by atoms with Gasteiger partial charge in [0.25, 0.3) is 0 Å². The van der Waals surface area contributed by atoms with Crippen LogP contribution in [0.4, 0.5) is 0 Å². The molecule has 0 saturated carbocycles. The van der Waals surface area contributed by atoms with Gasteiger partial charge >= 0.3 is 5.97 Å². The number of nitrogens with two attached hydrogens (primary N) is 1. The van der Waals surface area contributed by atoms with E-state index in [1.165, 1.54) is 4.90 Å². The highest BCUT2D eigenvalue weighted by Gasteiger charge is 2.38. The number of carbonyl (C=O) groups is 6. The van der Waals surface area contributed by atoms with Crippen LogP contribution in [0.5, 0.6) is 0 Å². The number of amides is 5. The third-order valence-electron chi connectivity index (χ3n) is 7.16. The average Bonchev–Trinajstić information content (AvgIpc) is 3.41. The summed E-state index contributed by atoms with van der Waals surface area (Å²) in [6.07, 6.45) is 1.72. The molecule has 0 unspecified atom stereocenters. The molecule has 0 aromatic heterocycles. The largest absolute Gasteiger partial charge is 0.480 e. The molecule has 0 aromatic carbocycles. The van der Waals surface area contributed by atoms with E-state index < -0.39 is 78.9 Å². The fourth-order valence-corrected chi connectivity index (χ4v) is 4.53. The number of nitrogens with one attached hydrogen (secondary N) is 4. The van der Waals surface area contributed by atoms with E-state index in [1.807, 2.05) is 20.8 Å². The first kappa shape index (κ1) is 35.8. The normalized spacial score (nSPS) is 18.7. The van der Waals surface area contributed by atoms with Gasteiger partial charge in [-0.05, 0) is 37.0 Å². The first-order valence-electron chi connectivity index (χ1n) is 14.2. The Kier molecular flexibility index (Phi) is 14.7. The number of carboxylic acid groups (broad SMARTS) is 1. The Hall–Kier alpha value is -3.26. The van der Waals surface area contributed by atoms with Gasteiger partial charge in [-0.25, -0.2) is 4.79 Å². The van der Waals surface area contributed by atoms with Crippen LogP contribution in [0.1, 0.15) is 67.2 Å². The Morgan fingerprint density at radius 3 is 2.05 bits per heavy atom. The van der Waals surface area contributed by atoms with Crippen molar-refractivity contribution in [2.45, 2.75) is 97.4 Å². The minimum atomic E-state index is -1.20. The van der Waals surface area contributed by atoms with Gasteiger partial charge in [0.05, 0.1) is 13.2 Å². The van der Waals surface area contributed by atoms with Gasteiger partial charge in [0.1, 0.15) is 30.2 Å². The van der Waals surface area contributed by atoms with Crippen molar-refractivity contribution in [3.05, 3.63) is 0 Å². The molecule has 41 heavy (non-hydrogen) atoms. The van der Waals surface area contributed by atoms with Crippen molar-refractivity contribution in [3.63, 3.8) is 0 Å². The van der Waals surface area contributed by atoms with Crippen molar-refractivity contribution < 1.29 is 39.0 Å². The van der Waals surface area contributed by atoms with E-state index in [9.17, 15) is 33.9 Å². The van der Waals surface area contributed by atoms with Crippen LogP contribution in [0.25, 0.3) is 0 Å². The van der Waals surface area contributed by atoms with E-state index in [2.05, 4.69) is 21.3 Å². The molecule has 1 aliphatic rings. The summed E-state index contributed by atoms with van der Waals surface area (Å²) in [5.74, 6) is -4.83. The zero-order valence-electron chi connectivity index (χ0n) is 24.9. The summed E-state index contributed by atoms with van der Waals surface area (Å²) in [6, 6.07) is -5.15. The highest BCUT2D eigenvalue weighted by molar-refractivity contribution is 5.95. The number of hydrogen-bond donors (Lipinski definition) is 7. The summed E-state index contributed by atoms with van der Waals surface area (Å²) >= 11 is 0. The number of likely N-dealkylation sites (tertiary alicyclic amines) is 1. The molecule has 1 rings (SSSR count). The number of aliphatic hydroxyl groups excluding tert-OH is 1. The number of carbonyl (C=O) groups excluding carboxylic acids is 5. The van der Waals surface area contributed by atoms with Crippen LogP contribution in [0, 0.1) is 17.8 Å². The van der Waals surface area contributed by atoms with Crippen LogP contribution in [0.3, 0.4) is 0 Å². The molecule has 8 N–H and O–H groups in total. The van der Waals surface area contributed by atoms with Gasteiger partial charge in [0, 0.05) is 6.54 Å². The van der Waals surface area contributed by atoms with Crippen molar-refractivity contribution >= 4 is 35.5 Å². The van der Waals surface area contributed by atoms with E-state index in [0.29, 0.717) is 19.3 Å². The summed E-state index contributed by atoms with van der Waals surface area (Å²) in [5, 5.41) is 28.9. The van der Waals surface area contributed by atoms with Gasteiger partial charge < -0.3 is 42.1 Å². The molecule has 0 aromatic rings. The second kappa shape index (κ2) is 16.9. The summed E-state index contributed by atoms with van der Waals surface area (Å²) in [6.45, 7) is 9.95. The monoisotopic (exact) mass is 584 g/mol. The summed E-state index contributed by atoms with van der Waals surface area (Å²) in [4.78, 5) is 77.0.